The smallest absolute Gasteiger partial charge is 0.244 e. The van der Waals surface area contributed by atoms with E-state index in [0.717, 1.165) is 18.4 Å². The molecule has 1 rings (SSSR count). The van der Waals surface area contributed by atoms with Gasteiger partial charge in [0.25, 0.3) is 0 Å². The first-order valence-electron chi connectivity index (χ1n) is 8.43. The first-order valence-corrected chi connectivity index (χ1v) is 9.87. The van der Waals surface area contributed by atoms with Crippen molar-refractivity contribution in [3.05, 3.63) is 35.9 Å². The standard InChI is InChI=1S/C18H28N2O3S/c1-5-8-15(4)19-18(21)14-11-16-9-12-17(13-10-16)24(22,23)20(6-2)7-3/h9-15H,5-8H2,1-4H3,(H,19,21)/b14-11+/t15-/m1/s1. The average Bonchev–Trinajstić information content (AvgIpc) is 2.54. The highest BCUT2D eigenvalue weighted by Gasteiger charge is 2.20. The molecule has 5 nitrogen and oxygen atoms in total. The van der Waals surface area contributed by atoms with Crippen molar-refractivity contribution in [2.24, 2.45) is 0 Å². The third kappa shape index (κ3) is 5.76. The van der Waals surface area contributed by atoms with E-state index >= 15 is 0 Å². The summed E-state index contributed by atoms with van der Waals surface area (Å²) in [6, 6.07) is 6.70. The molecule has 134 valence electrons. The molecule has 1 aromatic rings. The number of benzene rings is 1. The molecule has 0 aliphatic rings. The molecule has 1 aromatic carbocycles. The van der Waals surface area contributed by atoms with Crippen LogP contribution in [0.1, 0.15) is 46.1 Å². The zero-order valence-corrected chi connectivity index (χ0v) is 15.8. The van der Waals surface area contributed by atoms with Crippen molar-refractivity contribution in [2.45, 2.75) is 51.5 Å². The van der Waals surface area contributed by atoms with Crippen LogP contribution in [0, 0.1) is 0 Å². The highest BCUT2D eigenvalue weighted by Crippen LogP contribution is 2.16. The Balaban J connectivity index is 2.78. The summed E-state index contributed by atoms with van der Waals surface area (Å²) in [5.41, 5.74) is 0.784. The molecule has 0 radical (unpaired) electrons. The van der Waals surface area contributed by atoms with Crippen LogP contribution < -0.4 is 5.32 Å². The second-order valence-electron chi connectivity index (χ2n) is 5.69. The SMILES string of the molecule is CCC[C@@H](C)NC(=O)/C=C/c1ccc(S(=O)(=O)N(CC)CC)cc1. The first-order chi connectivity index (χ1) is 11.3. The third-order valence-electron chi connectivity index (χ3n) is 3.76. The van der Waals surface area contributed by atoms with Crippen molar-refractivity contribution < 1.29 is 13.2 Å². The Bertz CT molecular complexity index is 647. The monoisotopic (exact) mass is 352 g/mol. The summed E-state index contributed by atoms with van der Waals surface area (Å²) in [4.78, 5) is 12.1. The minimum Gasteiger partial charge on any atom is -0.350 e. The fourth-order valence-corrected chi connectivity index (χ4v) is 3.89. The van der Waals surface area contributed by atoms with Crippen molar-refractivity contribution >= 4 is 22.0 Å². The minimum atomic E-state index is -3.44. The molecule has 0 saturated heterocycles. The lowest BCUT2D eigenvalue weighted by Crippen LogP contribution is -2.30. The number of amides is 1. The molecule has 0 bridgehead atoms. The van der Waals surface area contributed by atoms with E-state index in [4.69, 9.17) is 0 Å². The van der Waals surface area contributed by atoms with E-state index in [0.29, 0.717) is 13.1 Å². The van der Waals surface area contributed by atoms with Gasteiger partial charge in [-0.15, -0.1) is 0 Å². The van der Waals surface area contributed by atoms with Crippen LogP contribution in [0.2, 0.25) is 0 Å². The molecule has 0 heterocycles. The topological polar surface area (TPSA) is 66.5 Å². The molecular weight excluding hydrogens is 324 g/mol. The van der Waals surface area contributed by atoms with Crippen LogP contribution in [-0.2, 0) is 14.8 Å². The van der Waals surface area contributed by atoms with Gasteiger partial charge in [-0.25, -0.2) is 8.42 Å². The predicted molar refractivity (Wildman–Crippen MR) is 98.1 cm³/mol. The Labute approximate surface area is 145 Å². The Morgan fingerprint density at radius 2 is 1.75 bits per heavy atom. The molecular formula is C18H28N2O3S. The molecule has 0 spiro atoms. The number of nitrogens with one attached hydrogen (secondary N) is 1. The van der Waals surface area contributed by atoms with E-state index in [2.05, 4.69) is 12.2 Å². The maximum Gasteiger partial charge on any atom is 0.244 e. The number of hydrogen-bond donors (Lipinski definition) is 1. The number of carbonyl (C=O) groups is 1. The van der Waals surface area contributed by atoms with Crippen molar-refractivity contribution in [1.29, 1.82) is 0 Å². The maximum atomic E-state index is 12.4. The Kier molecular flexibility index (Phi) is 8.15. The van der Waals surface area contributed by atoms with Crippen LogP contribution in [0.5, 0.6) is 0 Å². The van der Waals surface area contributed by atoms with Gasteiger partial charge in [-0.3, -0.25) is 4.79 Å². The van der Waals surface area contributed by atoms with Crippen LogP contribution in [-0.4, -0.2) is 37.8 Å². The Morgan fingerprint density at radius 3 is 2.25 bits per heavy atom. The van der Waals surface area contributed by atoms with E-state index in [9.17, 15) is 13.2 Å². The van der Waals surface area contributed by atoms with E-state index in [1.54, 1.807) is 30.3 Å². The van der Waals surface area contributed by atoms with Crippen LogP contribution in [0.4, 0.5) is 0 Å². The first kappa shape index (κ1) is 20.4. The van der Waals surface area contributed by atoms with E-state index in [1.807, 2.05) is 20.8 Å². The van der Waals surface area contributed by atoms with Crippen LogP contribution in [0.25, 0.3) is 6.08 Å². The third-order valence-corrected chi connectivity index (χ3v) is 5.82. The summed E-state index contributed by atoms with van der Waals surface area (Å²) in [6.45, 7) is 8.56. The van der Waals surface area contributed by atoms with Crippen molar-refractivity contribution in [3.8, 4) is 0 Å². The van der Waals surface area contributed by atoms with Gasteiger partial charge in [0.05, 0.1) is 4.90 Å². The van der Waals surface area contributed by atoms with Crippen LogP contribution in [0.3, 0.4) is 0 Å². The van der Waals surface area contributed by atoms with Crippen LogP contribution >= 0.6 is 0 Å². The summed E-state index contributed by atoms with van der Waals surface area (Å²) in [6.07, 6.45) is 5.12. The molecule has 6 heteroatoms. The Hall–Kier alpha value is -1.66. The number of hydrogen-bond acceptors (Lipinski definition) is 3. The highest BCUT2D eigenvalue weighted by molar-refractivity contribution is 7.89. The number of rotatable bonds is 9. The highest BCUT2D eigenvalue weighted by atomic mass is 32.2. The van der Waals surface area contributed by atoms with Crippen molar-refractivity contribution in [2.75, 3.05) is 13.1 Å². The summed E-state index contributed by atoms with van der Waals surface area (Å²) in [7, 11) is -3.44. The molecule has 0 aliphatic carbocycles. The quantitative estimate of drug-likeness (QED) is 0.695. The maximum absolute atomic E-state index is 12.4. The summed E-state index contributed by atoms with van der Waals surface area (Å²) < 4.78 is 26.2. The second-order valence-corrected chi connectivity index (χ2v) is 7.63. The fraction of sp³-hybridized carbons (Fsp3) is 0.500. The van der Waals surface area contributed by atoms with Gasteiger partial charge in [-0.05, 0) is 37.1 Å². The lowest BCUT2D eigenvalue weighted by atomic mass is 10.2. The van der Waals surface area contributed by atoms with Gasteiger partial charge in [0.2, 0.25) is 15.9 Å². The van der Waals surface area contributed by atoms with E-state index in [-0.39, 0.29) is 16.8 Å². The largest absolute Gasteiger partial charge is 0.350 e. The predicted octanol–water partition coefficient (Wildman–Crippen LogP) is 3.04. The van der Waals surface area contributed by atoms with E-state index < -0.39 is 10.0 Å². The number of sulfonamides is 1. The molecule has 0 fully saturated rings. The zero-order chi connectivity index (χ0) is 18.2. The zero-order valence-electron chi connectivity index (χ0n) is 15.0. The van der Waals surface area contributed by atoms with Gasteiger partial charge in [-0.2, -0.15) is 4.31 Å². The van der Waals surface area contributed by atoms with Crippen LogP contribution in [0.15, 0.2) is 35.2 Å². The Morgan fingerprint density at radius 1 is 1.17 bits per heavy atom. The lowest BCUT2D eigenvalue weighted by Gasteiger charge is -2.18. The normalized spacial score (nSPS) is 13.4. The average molecular weight is 353 g/mol. The van der Waals surface area contributed by atoms with Gasteiger partial charge in [0, 0.05) is 25.2 Å². The molecule has 0 unspecified atom stereocenters. The summed E-state index contributed by atoms with van der Waals surface area (Å²) in [5.74, 6) is -0.143. The van der Waals surface area contributed by atoms with Gasteiger partial charge >= 0.3 is 0 Å². The molecule has 1 N–H and O–H groups in total. The molecule has 0 saturated carbocycles. The van der Waals surface area contributed by atoms with Gasteiger partial charge in [0.15, 0.2) is 0 Å². The number of nitrogens with zero attached hydrogens (tertiary/aromatic N) is 1. The molecule has 0 aromatic heterocycles. The molecule has 1 atom stereocenters. The minimum absolute atomic E-state index is 0.143. The van der Waals surface area contributed by atoms with Gasteiger partial charge < -0.3 is 5.32 Å². The van der Waals surface area contributed by atoms with Gasteiger partial charge in [-0.1, -0.05) is 39.3 Å². The summed E-state index contributed by atoms with van der Waals surface area (Å²) >= 11 is 0. The molecule has 1 amide bonds. The summed E-state index contributed by atoms with van der Waals surface area (Å²) in [5, 5.41) is 2.89. The fourth-order valence-electron chi connectivity index (χ4n) is 2.43. The molecule has 24 heavy (non-hydrogen) atoms. The van der Waals surface area contributed by atoms with Crippen molar-refractivity contribution in [1.82, 2.24) is 9.62 Å². The molecule has 0 aliphatic heterocycles. The number of carbonyl (C=O) groups excluding carboxylic acids is 1. The second kappa shape index (κ2) is 9.59. The van der Waals surface area contributed by atoms with Gasteiger partial charge in [0.1, 0.15) is 0 Å². The van der Waals surface area contributed by atoms with Crippen molar-refractivity contribution in [3.63, 3.8) is 0 Å². The van der Waals surface area contributed by atoms with E-state index in [1.165, 1.54) is 10.4 Å². The lowest BCUT2D eigenvalue weighted by molar-refractivity contribution is -0.117.